The van der Waals surface area contributed by atoms with Crippen LogP contribution in [0.15, 0.2) is 36.4 Å². The maximum atomic E-state index is 12.4. The lowest BCUT2D eigenvalue weighted by Crippen LogP contribution is -2.13. The van der Waals surface area contributed by atoms with Crippen molar-refractivity contribution >= 4 is 11.6 Å². The average Bonchev–Trinajstić information content (AvgIpc) is 2.57. The Morgan fingerprint density at radius 1 is 1.04 bits per heavy atom. The van der Waals surface area contributed by atoms with Gasteiger partial charge in [0.1, 0.15) is 11.5 Å². The van der Waals surface area contributed by atoms with Crippen molar-refractivity contribution in [3.05, 3.63) is 53.1 Å². The monoisotopic (exact) mass is 314 g/mol. The highest BCUT2D eigenvalue weighted by Gasteiger charge is 2.13. The third-order valence-corrected chi connectivity index (χ3v) is 3.61. The van der Waals surface area contributed by atoms with E-state index < -0.39 is 0 Å². The van der Waals surface area contributed by atoms with Crippen LogP contribution in [0.25, 0.3) is 0 Å². The number of nitrogens with one attached hydrogen (secondary N) is 2. The van der Waals surface area contributed by atoms with Crippen LogP contribution in [-0.2, 0) is 6.54 Å². The summed E-state index contributed by atoms with van der Waals surface area (Å²) in [5.74, 6) is 1.04. The minimum atomic E-state index is -0.206. The summed E-state index contributed by atoms with van der Waals surface area (Å²) in [6, 6.07) is 11.1. The van der Waals surface area contributed by atoms with Crippen LogP contribution < -0.4 is 20.1 Å². The highest BCUT2D eigenvalue weighted by Crippen LogP contribution is 2.29. The van der Waals surface area contributed by atoms with E-state index in [1.807, 2.05) is 38.2 Å². The van der Waals surface area contributed by atoms with Crippen molar-refractivity contribution in [2.24, 2.45) is 0 Å². The van der Waals surface area contributed by atoms with E-state index in [-0.39, 0.29) is 5.91 Å². The third-order valence-electron chi connectivity index (χ3n) is 3.61. The van der Waals surface area contributed by atoms with Crippen LogP contribution in [0.3, 0.4) is 0 Å². The number of rotatable bonds is 6. The van der Waals surface area contributed by atoms with Crippen LogP contribution in [0.4, 0.5) is 5.69 Å². The van der Waals surface area contributed by atoms with Gasteiger partial charge in [0, 0.05) is 23.4 Å². The van der Waals surface area contributed by atoms with Gasteiger partial charge in [-0.05, 0) is 43.8 Å². The topological polar surface area (TPSA) is 59.6 Å². The minimum absolute atomic E-state index is 0.206. The number of methoxy groups -OCH3 is 2. The minimum Gasteiger partial charge on any atom is -0.496 e. The molecule has 0 saturated heterocycles. The molecular weight excluding hydrogens is 292 g/mol. The second-order valence-electron chi connectivity index (χ2n) is 5.19. The van der Waals surface area contributed by atoms with Gasteiger partial charge in [-0.25, -0.2) is 0 Å². The molecule has 2 aromatic carbocycles. The van der Waals surface area contributed by atoms with Crippen molar-refractivity contribution in [1.82, 2.24) is 5.32 Å². The molecule has 0 radical (unpaired) electrons. The van der Waals surface area contributed by atoms with Crippen LogP contribution in [0, 0.1) is 6.92 Å². The SMILES string of the molecule is CNCc1ccc(NC(=O)c2cc(OC)c(C)c(OC)c2)cc1. The van der Waals surface area contributed by atoms with Crippen molar-refractivity contribution in [2.75, 3.05) is 26.6 Å². The number of ether oxygens (including phenoxy) is 2. The number of amides is 1. The fourth-order valence-corrected chi connectivity index (χ4v) is 2.33. The number of hydrogen-bond donors (Lipinski definition) is 2. The van der Waals surface area contributed by atoms with E-state index in [1.165, 1.54) is 0 Å². The van der Waals surface area contributed by atoms with Crippen LogP contribution in [0.5, 0.6) is 11.5 Å². The van der Waals surface area contributed by atoms with Crippen molar-refractivity contribution in [3.63, 3.8) is 0 Å². The van der Waals surface area contributed by atoms with Gasteiger partial charge >= 0.3 is 0 Å². The summed E-state index contributed by atoms with van der Waals surface area (Å²) in [6.07, 6.45) is 0. The Labute approximate surface area is 136 Å². The Morgan fingerprint density at radius 3 is 2.09 bits per heavy atom. The maximum absolute atomic E-state index is 12.4. The average molecular weight is 314 g/mol. The molecule has 0 spiro atoms. The van der Waals surface area contributed by atoms with Gasteiger partial charge in [-0.2, -0.15) is 0 Å². The summed E-state index contributed by atoms with van der Waals surface area (Å²) in [7, 11) is 5.04. The Bertz CT molecular complexity index is 656. The van der Waals surface area contributed by atoms with Crippen molar-refractivity contribution in [2.45, 2.75) is 13.5 Å². The van der Waals surface area contributed by atoms with E-state index in [0.29, 0.717) is 17.1 Å². The molecule has 0 unspecified atom stereocenters. The Hall–Kier alpha value is -2.53. The maximum Gasteiger partial charge on any atom is 0.255 e. The quantitative estimate of drug-likeness (QED) is 0.860. The molecule has 0 atom stereocenters. The van der Waals surface area contributed by atoms with E-state index in [2.05, 4.69) is 10.6 Å². The summed E-state index contributed by atoms with van der Waals surface area (Å²) in [6.45, 7) is 2.68. The molecule has 0 aliphatic rings. The first kappa shape index (κ1) is 16.8. The summed E-state index contributed by atoms with van der Waals surface area (Å²) in [5.41, 5.74) is 3.25. The first-order chi connectivity index (χ1) is 11.1. The molecule has 5 heteroatoms. The van der Waals surface area contributed by atoms with Gasteiger partial charge in [0.15, 0.2) is 0 Å². The van der Waals surface area contributed by atoms with Gasteiger partial charge in [0.2, 0.25) is 0 Å². The Kier molecular flexibility index (Phi) is 5.60. The van der Waals surface area contributed by atoms with E-state index in [4.69, 9.17) is 9.47 Å². The summed E-state index contributed by atoms with van der Waals surface area (Å²) >= 11 is 0. The molecule has 2 aromatic rings. The second-order valence-corrected chi connectivity index (χ2v) is 5.19. The molecule has 2 N–H and O–H groups in total. The molecule has 122 valence electrons. The lowest BCUT2D eigenvalue weighted by molar-refractivity contribution is 0.102. The molecule has 0 heterocycles. The van der Waals surface area contributed by atoms with E-state index in [9.17, 15) is 4.79 Å². The van der Waals surface area contributed by atoms with Crippen LogP contribution in [0.1, 0.15) is 21.5 Å². The predicted molar refractivity (Wildman–Crippen MR) is 91.4 cm³/mol. The molecule has 0 aliphatic carbocycles. The highest BCUT2D eigenvalue weighted by molar-refractivity contribution is 6.05. The summed E-state index contributed by atoms with van der Waals surface area (Å²) < 4.78 is 10.6. The summed E-state index contributed by atoms with van der Waals surface area (Å²) in [4.78, 5) is 12.4. The fourth-order valence-electron chi connectivity index (χ4n) is 2.33. The normalized spacial score (nSPS) is 10.3. The second kappa shape index (κ2) is 7.65. The van der Waals surface area contributed by atoms with Gasteiger partial charge in [0.25, 0.3) is 5.91 Å². The molecule has 0 aliphatic heterocycles. The molecule has 0 saturated carbocycles. The zero-order valence-electron chi connectivity index (χ0n) is 13.9. The zero-order valence-corrected chi connectivity index (χ0v) is 13.9. The predicted octanol–water partition coefficient (Wildman–Crippen LogP) is 2.98. The molecule has 1 amide bonds. The molecule has 0 fully saturated rings. The molecule has 0 aromatic heterocycles. The standard InChI is InChI=1S/C18H22N2O3/c1-12-16(22-3)9-14(10-17(12)23-4)18(21)20-15-7-5-13(6-8-15)11-19-2/h5-10,19H,11H2,1-4H3,(H,20,21). The van der Waals surface area contributed by atoms with Gasteiger partial charge in [-0.1, -0.05) is 12.1 Å². The number of anilines is 1. The fraction of sp³-hybridized carbons (Fsp3) is 0.278. The van der Waals surface area contributed by atoms with Crippen molar-refractivity contribution < 1.29 is 14.3 Å². The van der Waals surface area contributed by atoms with E-state index in [1.54, 1.807) is 26.4 Å². The van der Waals surface area contributed by atoms with Crippen molar-refractivity contribution in [3.8, 4) is 11.5 Å². The van der Waals surface area contributed by atoms with E-state index >= 15 is 0 Å². The van der Waals surface area contributed by atoms with E-state index in [0.717, 1.165) is 23.4 Å². The largest absolute Gasteiger partial charge is 0.496 e. The van der Waals surface area contributed by atoms with Crippen LogP contribution in [0.2, 0.25) is 0 Å². The van der Waals surface area contributed by atoms with Gasteiger partial charge in [-0.15, -0.1) is 0 Å². The first-order valence-electron chi connectivity index (χ1n) is 7.36. The Balaban J connectivity index is 2.20. The zero-order chi connectivity index (χ0) is 16.8. The van der Waals surface area contributed by atoms with Crippen LogP contribution >= 0.6 is 0 Å². The van der Waals surface area contributed by atoms with Crippen molar-refractivity contribution in [1.29, 1.82) is 0 Å². The van der Waals surface area contributed by atoms with Crippen LogP contribution in [-0.4, -0.2) is 27.2 Å². The molecule has 0 bridgehead atoms. The number of carbonyl (C=O) groups is 1. The number of benzene rings is 2. The van der Waals surface area contributed by atoms with Gasteiger partial charge in [0.05, 0.1) is 14.2 Å². The lowest BCUT2D eigenvalue weighted by Gasteiger charge is -2.13. The summed E-state index contributed by atoms with van der Waals surface area (Å²) in [5, 5.41) is 5.96. The molecular formula is C18H22N2O3. The third kappa shape index (κ3) is 4.02. The molecule has 23 heavy (non-hydrogen) atoms. The highest BCUT2D eigenvalue weighted by atomic mass is 16.5. The smallest absolute Gasteiger partial charge is 0.255 e. The molecule has 5 nitrogen and oxygen atoms in total. The molecule has 2 rings (SSSR count). The number of carbonyl (C=O) groups excluding carboxylic acids is 1. The first-order valence-corrected chi connectivity index (χ1v) is 7.36. The number of hydrogen-bond acceptors (Lipinski definition) is 4. The van der Waals surface area contributed by atoms with Gasteiger partial charge < -0.3 is 20.1 Å². The Morgan fingerprint density at radius 2 is 1.61 bits per heavy atom. The van der Waals surface area contributed by atoms with Gasteiger partial charge in [-0.3, -0.25) is 4.79 Å². The lowest BCUT2D eigenvalue weighted by atomic mass is 10.1.